The van der Waals surface area contributed by atoms with E-state index in [1.165, 1.54) is 33.5 Å². The fraction of sp³-hybridized carbons (Fsp3) is 0.417. The van der Waals surface area contributed by atoms with Gasteiger partial charge in [0.15, 0.2) is 11.5 Å². The van der Waals surface area contributed by atoms with Gasteiger partial charge in [-0.05, 0) is 6.07 Å². The van der Waals surface area contributed by atoms with Crippen LogP contribution >= 0.6 is 0 Å². The second kappa shape index (κ2) is 6.71. The Morgan fingerprint density at radius 3 is 2.30 bits per heavy atom. The smallest absolute Gasteiger partial charge is 0.307 e. The summed E-state index contributed by atoms with van der Waals surface area (Å²) >= 11 is 0. The molecule has 20 heavy (non-hydrogen) atoms. The summed E-state index contributed by atoms with van der Waals surface area (Å²) in [6.45, 7) is 0. The van der Waals surface area contributed by atoms with Gasteiger partial charge in [-0.2, -0.15) is 0 Å². The van der Waals surface area contributed by atoms with Gasteiger partial charge in [0.2, 0.25) is 0 Å². The SMILES string of the molecule is COC(=O)C[C@H](N)c1cc(OC)c(OC)cc1[N+](=O)[O-]. The van der Waals surface area contributed by atoms with Crippen molar-refractivity contribution in [3.05, 3.63) is 27.8 Å². The van der Waals surface area contributed by atoms with Crippen molar-refractivity contribution in [3.63, 3.8) is 0 Å². The average molecular weight is 284 g/mol. The van der Waals surface area contributed by atoms with Gasteiger partial charge in [0.05, 0.1) is 44.3 Å². The molecule has 0 saturated heterocycles. The summed E-state index contributed by atoms with van der Waals surface area (Å²) in [6.07, 6.45) is -0.174. The highest BCUT2D eigenvalue weighted by Crippen LogP contribution is 2.37. The Morgan fingerprint density at radius 1 is 1.30 bits per heavy atom. The van der Waals surface area contributed by atoms with E-state index in [0.717, 1.165) is 0 Å². The summed E-state index contributed by atoms with van der Waals surface area (Å²) in [6, 6.07) is 1.73. The molecule has 2 N–H and O–H groups in total. The number of methoxy groups -OCH3 is 3. The predicted octanol–water partition coefficient (Wildman–Crippen LogP) is 1.17. The summed E-state index contributed by atoms with van der Waals surface area (Å²) < 4.78 is 14.6. The third-order valence-electron chi connectivity index (χ3n) is 2.74. The van der Waals surface area contributed by atoms with Crippen LogP contribution in [-0.4, -0.2) is 32.2 Å². The van der Waals surface area contributed by atoms with Crippen LogP contribution in [0.15, 0.2) is 12.1 Å². The van der Waals surface area contributed by atoms with Crippen molar-refractivity contribution in [3.8, 4) is 11.5 Å². The van der Waals surface area contributed by atoms with Crippen LogP contribution in [0.1, 0.15) is 18.0 Å². The number of esters is 1. The monoisotopic (exact) mass is 284 g/mol. The fourth-order valence-corrected chi connectivity index (χ4v) is 1.71. The molecule has 0 bridgehead atoms. The molecule has 0 radical (unpaired) electrons. The molecule has 0 aliphatic heterocycles. The van der Waals surface area contributed by atoms with Crippen LogP contribution in [0.4, 0.5) is 5.69 Å². The van der Waals surface area contributed by atoms with Gasteiger partial charge in [0.1, 0.15) is 0 Å². The summed E-state index contributed by atoms with van der Waals surface area (Å²) in [7, 11) is 3.99. The topological polar surface area (TPSA) is 114 Å². The van der Waals surface area contributed by atoms with Crippen LogP contribution in [0, 0.1) is 10.1 Å². The second-order valence-electron chi connectivity index (χ2n) is 3.91. The number of benzene rings is 1. The highest BCUT2D eigenvalue weighted by Gasteiger charge is 2.25. The Hall–Kier alpha value is -2.35. The minimum absolute atomic E-state index is 0.174. The standard InChI is InChI=1S/C12H16N2O6/c1-18-10-4-7(8(13)5-12(15)20-3)9(14(16)17)6-11(10)19-2/h4,6,8H,5,13H2,1-3H3/t8-/m0/s1. The second-order valence-corrected chi connectivity index (χ2v) is 3.91. The molecule has 8 nitrogen and oxygen atoms in total. The maximum atomic E-state index is 11.2. The Balaban J connectivity index is 3.28. The van der Waals surface area contributed by atoms with Gasteiger partial charge in [-0.1, -0.05) is 0 Å². The highest BCUT2D eigenvalue weighted by molar-refractivity contribution is 5.71. The largest absolute Gasteiger partial charge is 0.493 e. The minimum atomic E-state index is -0.873. The van der Waals surface area contributed by atoms with Crippen molar-refractivity contribution < 1.29 is 23.9 Å². The van der Waals surface area contributed by atoms with E-state index in [9.17, 15) is 14.9 Å². The van der Waals surface area contributed by atoms with Crippen molar-refractivity contribution in [2.75, 3.05) is 21.3 Å². The van der Waals surface area contributed by atoms with Crippen molar-refractivity contribution in [2.24, 2.45) is 5.73 Å². The molecular weight excluding hydrogens is 268 g/mol. The molecule has 8 heteroatoms. The van der Waals surface area contributed by atoms with E-state index in [-0.39, 0.29) is 23.4 Å². The lowest BCUT2D eigenvalue weighted by Crippen LogP contribution is -2.18. The molecular formula is C12H16N2O6. The first kappa shape index (κ1) is 15.7. The molecule has 0 aliphatic rings. The molecule has 1 aromatic rings. The first-order valence-corrected chi connectivity index (χ1v) is 5.67. The lowest BCUT2D eigenvalue weighted by Gasteiger charge is -2.14. The molecule has 1 rings (SSSR count). The van der Waals surface area contributed by atoms with Crippen LogP contribution in [0.3, 0.4) is 0 Å². The third kappa shape index (κ3) is 3.35. The summed E-state index contributed by atoms with van der Waals surface area (Å²) in [5, 5.41) is 11.1. The number of nitrogens with zero attached hydrogens (tertiary/aromatic N) is 1. The van der Waals surface area contributed by atoms with Gasteiger partial charge in [-0.3, -0.25) is 14.9 Å². The maximum absolute atomic E-state index is 11.2. The molecule has 110 valence electrons. The molecule has 0 unspecified atom stereocenters. The number of nitro groups is 1. The maximum Gasteiger partial charge on any atom is 0.307 e. The molecule has 1 aromatic carbocycles. The zero-order valence-corrected chi connectivity index (χ0v) is 11.4. The molecule has 0 fully saturated rings. The normalized spacial score (nSPS) is 11.6. The summed E-state index contributed by atoms with van der Waals surface area (Å²) in [5.41, 5.74) is 5.77. The molecule has 0 aliphatic carbocycles. The van der Waals surface area contributed by atoms with Crippen LogP contribution in [-0.2, 0) is 9.53 Å². The Bertz CT molecular complexity index is 517. The number of ether oxygens (including phenoxy) is 3. The highest BCUT2D eigenvalue weighted by atomic mass is 16.6. The Morgan fingerprint density at radius 2 is 1.85 bits per heavy atom. The van der Waals surface area contributed by atoms with E-state index in [1.54, 1.807) is 0 Å². The van der Waals surface area contributed by atoms with Gasteiger partial charge < -0.3 is 19.9 Å². The molecule has 1 atom stereocenters. The van der Waals surface area contributed by atoms with E-state index in [0.29, 0.717) is 5.75 Å². The van der Waals surface area contributed by atoms with Gasteiger partial charge in [0, 0.05) is 6.04 Å². The Kier molecular flexibility index (Phi) is 5.27. The number of carbonyl (C=O) groups is 1. The molecule has 0 spiro atoms. The van der Waals surface area contributed by atoms with E-state index in [2.05, 4.69) is 4.74 Å². The van der Waals surface area contributed by atoms with Crippen LogP contribution in [0.25, 0.3) is 0 Å². The molecule has 0 aromatic heterocycles. The van der Waals surface area contributed by atoms with Gasteiger partial charge in [-0.25, -0.2) is 0 Å². The fourth-order valence-electron chi connectivity index (χ4n) is 1.71. The van der Waals surface area contributed by atoms with Gasteiger partial charge in [0.25, 0.3) is 5.69 Å². The van der Waals surface area contributed by atoms with E-state index in [4.69, 9.17) is 15.2 Å². The first-order chi connectivity index (χ1) is 9.44. The van der Waals surface area contributed by atoms with Crippen LogP contribution in [0.2, 0.25) is 0 Å². The van der Waals surface area contributed by atoms with Crippen LogP contribution in [0.5, 0.6) is 11.5 Å². The number of rotatable bonds is 6. The van der Waals surface area contributed by atoms with Gasteiger partial charge in [-0.15, -0.1) is 0 Å². The zero-order chi connectivity index (χ0) is 15.3. The lowest BCUT2D eigenvalue weighted by atomic mass is 10.0. The van der Waals surface area contributed by atoms with E-state index in [1.807, 2.05) is 0 Å². The van der Waals surface area contributed by atoms with Crippen LogP contribution < -0.4 is 15.2 Å². The number of nitrogens with two attached hydrogens (primary N) is 1. The van der Waals surface area contributed by atoms with Crippen molar-refractivity contribution in [2.45, 2.75) is 12.5 Å². The molecule has 0 saturated carbocycles. The third-order valence-corrected chi connectivity index (χ3v) is 2.74. The zero-order valence-electron chi connectivity index (χ0n) is 11.4. The molecule has 0 amide bonds. The molecule has 0 heterocycles. The first-order valence-electron chi connectivity index (χ1n) is 5.67. The van der Waals surface area contributed by atoms with Crippen molar-refractivity contribution in [1.29, 1.82) is 0 Å². The number of carbonyl (C=O) groups excluding carboxylic acids is 1. The van der Waals surface area contributed by atoms with Gasteiger partial charge >= 0.3 is 5.97 Å². The van der Waals surface area contributed by atoms with Crippen molar-refractivity contribution in [1.82, 2.24) is 0 Å². The number of hydrogen-bond donors (Lipinski definition) is 1. The van der Waals surface area contributed by atoms with E-state index >= 15 is 0 Å². The number of hydrogen-bond acceptors (Lipinski definition) is 7. The Labute approximate surface area is 115 Å². The lowest BCUT2D eigenvalue weighted by molar-refractivity contribution is -0.385. The van der Waals surface area contributed by atoms with Crippen molar-refractivity contribution >= 4 is 11.7 Å². The predicted molar refractivity (Wildman–Crippen MR) is 69.8 cm³/mol. The number of nitro benzene ring substituents is 1. The summed E-state index contributed by atoms with van der Waals surface area (Å²) in [5.74, 6) is -0.0387. The summed E-state index contributed by atoms with van der Waals surface area (Å²) in [4.78, 5) is 21.7. The van der Waals surface area contributed by atoms with E-state index < -0.39 is 16.9 Å². The quantitative estimate of drug-likeness (QED) is 0.473. The minimum Gasteiger partial charge on any atom is -0.493 e. The average Bonchev–Trinajstić information content (AvgIpc) is 2.45.